The van der Waals surface area contributed by atoms with Crippen LogP contribution >= 0.6 is 0 Å². The molecule has 0 spiro atoms. The van der Waals surface area contributed by atoms with Crippen molar-refractivity contribution in [1.29, 1.82) is 0 Å². The van der Waals surface area contributed by atoms with Gasteiger partial charge in [0.05, 0.1) is 6.04 Å². The summed E-state index contributed by atoms with van der Waals surface area (Å²) in [6.07, 6.45) is 6.57. The molecular weight excluding hydrogens is 310 g/mol. The van der Waals surface area contributed by atoms with E-state index in [1.807, 2.05) is 19.1 Å². The molecule has 2 aromatic rings. The Balaban J connectivity index is 1.64. The predicted octanol–water partition coefficient (Wildman–Crippen LogP) is 4.62. The smallest absolute Gasteiger partial charge is 0.251 e. The molecule has 1 aliphatic rings. The van der Waals surface area contributed by atoms with E-state index < -0.39 is 0 Å². The molecule has 1 atom stereocenters. The van der Waals surface area contributed by atoms with Crippen molar-refractivity contribution in [3.8, 4) is 5.75 Å². The summed E-state index contributed by atoms with van der Waals surface area (Å²) in [7, 11) is 0. The lowest BCUT2D eigenvalue weighted by atomic mass is 9.89. The second-order valence-corrected chi connectivity index (χ2v) is 6.55. The average molecular weight is 335 g/mol. The van der Waals surface area contributed by atoms with Gasteiger partial charge in [0.1, 0.15) is 12.4 Å². The van der Waals surface area contributed by atoms with Gasteiger partial charge in [-0.3, -0.25) is 4.79 Å². The highest BCUT2D eigenvalue weighted by Gasteiger charge is 2.15. The number of benzene rings is 2. The van der Waals surface area contributed by atoms with Gasteiger partial charge in [0.15, 0.2) is 0 Å². The summed E-state index contributed by atoms with van der Waals surface area (Å²) in [4.78, 5) is 12.5. The molecule has 0 heterocycles. The summed E-state index contributed by atoms with van der Waals surface area (Å²) in [5.74, 6) is 0.666. The van der Waals surface area contributed by atoms with Crippen LogP contribution in [0, 0.1) is 0 Å². The van der Waals surface area contributed by atoms with Crippen LogP contribution in [0.2, 0.25) is 0 Å². The molecule has 1 aliphatic carbocycles. The molecule has 130 valence electrons. The molecule has 1 amide bonds. The number of carbonyl (C=O) groups is 1. The third-order valence-electron chi connectivity index (χ3n) is 4.70. The Morgan fingerprint density at radius 3 is 2.60 bits per heavy atom. The first-order chi connectivity index (χ1) is 12.2. The summed E-state index contributed by atoms with van der Waals surface area (Å²) in [5.41, 5.74) is 4.70. The average Bonchev–Trinajstić information content (AvgIpc) is 2.66. The molecule has 25 heavy (non-hydrogen) atoms. The van der Waals surface area contributed by atoms with E-state index in [-0.39, 0.29) is 11.9 Å². The largest absolute Gasteiger partial charge is 0.490 e. The number of nitrogens with one attached hydrogen (secondary N) is 1. The summed E-state index contributed by atoms with van der Waals surface area (Å²) in [5, 5.41) is 3.09. The van der Waals surface area contributed by atoms with E-state index >= 15 is 0 Å². The zero-order valence-corrected chi connectivity index (χ0v) is 14.8. The molecule has 0 saturated heterocycles. The van der Waals surface area contributed by atoms with E-state index in [0.717, 1.165) is 12.2 Å². The molecule has 3 rings (SSSR count). The number of rotatable bonds is 6. The second-order valence-electron chi connectivity index (χ2n) is 6.55. The molecule has 0 aliphatic heterocycles. The zero-order chi connectivity index (χ0) is 17.6. The number of ether oxygens (including phenoxy) is 1. The summed E-state index contributed by atoms with van der Waals surface area (Å²) in [6.45, 7) is 6.11. The fraction of sp³-hybridized carbons (Fsp3) is 0.318. The van der Waals surface area contributed by atoms with E-state index in [2.05, 4.69) is 30.1 Å². The number of aryl methyl sites for hydroxylation is 2. The standard InChI is InChI=1S/C22H25NO2/c1-3-14-25-21-12-10-18(11-13-21)22(24)23-16(2)19-9-8-17-6-4-5-7-20(17)15-19/h3,8-13,15-16H,1,4-7,14H2,2H3,(H,23,24)/t16-/m1/s1. The van der Waals surface area contributed by atoms with Crippen LogP contribution < -0.4 is 10.1 Å². The van der Waals surface area contributed by atoms with E-state index in [1.165, 1.54) is 36.0 Å². The molecule has 3 heteroatoms. The normalized spacial score (nSPS) is 14.3. The van der Waals surface area contributed by atoms with Crippen molar-refractivity contribution >= 4 is 5.91 Å². The minimum atomic E-state index is -0.0690. The highest BCUT2D eigenvalue weighted by Crippen LogP contribution is 2.25. The summed E-state index contributed by atoms with van der Waals surface area (Å²) in [6, 6.07) is 13.8. The van der Waals surface area contributed by atoms with Gasteiger partial charge in [-0.1, -0.05) is 30.9 Å². The minimum Gasteiger partial charge on any atom is -0.490 e. The number of hydrogen-bond acceptors (Lipinski definition) is 2. The highest BCUT2D eigenvalue weighted by atomic mass is 16.5. The Kier molecular flexibility index (Phi) is 5.54. The van der Waals surface area contributed by atoms with Gasteiger partial charge in [-0.15, -0.1) is 0 Å². The first kappa shape index (κ1) is 17.3. The zero-order valence-electron chi connectivity index (χ0n) is 14.8. The van der Waals surface area contributed by atoms with Crippen LogP contribution in [-0.2, 0) is 12.8 Å². The maximum absolute atomic E-state index is 12.5. The Hall–Kier alpha value is -2.55. The van der Waals surface area contributed by atoms with E-state index in [0.29, 0.717) is 12.2 Å². The monoisotopic (exact) mass is 335 g/mol. The minimum absolute atomic E-state index is 0.0172. The number of hydrogen-bond donors (Lipinski definition) is 1. The van der Waals surface area contributed by atoms with Crippen molar-refractivity contribution < 1.29 is 9.53 Å². The lowest BCUT2D eigenvalue weighted by Crippen LogP contribution is -2.26. The van der Waals surface area contributed by atoms with Gasteiger partial charge in [-0.05, 0) is 73.6 Å². The fourth-order valence-electron chi connectivity index (χ4n) is 3.24. The lowest BCUT2D eigenvalue weighted by molar-refractivity contribution is 0.0940. The van der Waals surface area contributed by atoms with Gasteiger partial charge in [-0.25, -0.2) is 0 Å². The Morgan fingerprint density at radius 1 is 1.16 bits per heavy atom. The lowest BCUT2D eigenvalue weighted by Gasteiger charge is -2.20. The van der Waals surface area contributed by atoms with Crippen molar-refractivity contribution in [1.82, 2.24) is 5.32 Å². The van der Waals surface area contributed by atoms with Crippen molar-refractivity contribution in [3.05, 3.63) is 77.4 Å². The van der Waals surface area contributed by atoms with Crippen molar-refractivity contribution in [3.63, 3.8) is 0 Å². The van der Waals surface area contributed by atoms with Crippen molar-refractivity contribution in [2.75, 3.05) is 6.61 Å². The van der Waals surface area contributed by atoms with Crippen LogP contribution in [-0.4, -0.2) is 12.5 Å². The van der Waals surface area contributed by atoms with E-state index in [1.54, 1.807) is 18.2 Å². The summed E-state index contributed by atoms with van der Waals surface area (Å²) >= 11 is 0. The van der Waals surface area contributed by atoms with E-state index in [4.69, 9.17) is 4.74 Å². The van der Waals surface area contributed by atoms with Crippen LogP contribution in [0.4, 0.5) is 0 Å². The molecule has 2 aromatic carbocycles. The molecule has 0 unspecified atom stereocenters. The molecule has 0 bridgehead atoms. The van der Waals surface area contributed by atoms with Gasteiger partial charge in [0, 0.05) is 5.56 Å². The SMILES string of the molecule is C=CCOc1ccc(C(=O)N[C@H](C)c2ccc3c(c2)CCCC3)cc1. The number of fused-ring (bicyclic) bond motifs is 1. The molecule has 3 nitrogen and oxygen atoms in total. The Bertz CT molecular complexity index is 749. The molecule has 0 aromatic heterocycles. The van der Waals surface area contributed by atoms with Crippen LogP contribution in [0.1, 0.15) is 52.9 Å². The molecule has 0 radical (unpaired) electrons. The third kappa shape index (κ3) is 4.30. The maximum atomic E-state index is 12.5. The van der Waals surface area contributed by atoms with Gasteiger partial charge < -0.3 is 10.1 Å². The third-order valence-corrected chi connectivity index (χ3v) is 4.70. The van der Waals surface area contributed by atoms with Crippen LogP contribution in [0.25, 0.3) is 0 Å². The van der Waals surface area contributed by atoms with Crippen LogP contribution in [0.3, 0.4) is 0 Å². The van der Waals surface area contributed by atoms with Gasteiger partial charge in [-0.2, -0.15) is 0 Å². The first-order valence-electron chi connectivity index (χ1n) is 8.93. The van der Waals surface area contributed by atoms with Gasteiger partial charge >= 0.3 is 0 Å². The molecular formula is C22H25NO2. The van der Waals surface area contributed by atoms with Crippen molar-refractivity contribution in [2.45, 2.75) is 38.6 Å². The van der Waals surface area contributed by atoms with E-state index in [9.17, 15) is 4.79 Å². The van der Waals surface area contributed by atoms with Crippen LogP contribution in [0.15, 0.2) is 55.1 Å². The maximum Gasteiger partial charge on any atom is 0.251 e. The molecule has 0 fully saturated rings. The topological polar surface area (TPSA) is 38.3 Å². The predicted molar refractivity (Wildman–Crippen MR) is 101 cm³/mol. The second kappa shape index (κ2) is 8.02. The fourth-order valence-corrected chi connectivity index (χ4v) is 3.24. The first-order valence-corrected chi connectivity index (χ1v) is 8.93. The molecule has 0 saturated carbocycles. The number of amides is 1. The van der Waals surface area contributed by atoms with Gasteiger partial charge in [0.2, 0.25) is 0 Å². The van der Waals surface area contributed by atoms with Crippen molar-refractivity contribution in [2.24, 2.45) is 0 Å². The Labute approximate surface area is 149 Å². The highest BCUT2D eigenvalue weighted by molar-refractivity contribution is 5.94. The molecule has 1 N–H and O–H groups in total. The Morgan fingerprint density at radius 2 is 1.88 bits per heavy atom. The quantitative estimate of drug-likeness (QED) is 0.782. The van der Waals surface area contributed by atoms with Gasteiger partial charge in [0.25, 0.3) is 5.91 Å². The van der Waals surface area contributed by atoms with Crippen LogP contribution in [0.5, 0.6) is 5.75 Å². The summed E-state index contributed by atoms with van der Waals surface area (Å²) < 4.78 is 5.44. The number of carbonyl (C=O) groups excluding carboxylic acids is 1.